The van der Waals surface area contributed by atoms with Crippen LogP contribution < -0.4 is 9.47 Å². The van der Waals surface area contributed by atoms with Crippen molar-refractivity contribution in [2.75, 3.05) is 26.4 Å². The van der Waals surface area contributed by atoms with Crippen LogP contribution in [0.5, 0.6) is 17.2 Å². The highest BCUT2D eigenvalue weighted by molar-refractivity contribution is 5.96. The molecule has 1 aromatic heterocycles. The molecule has 2 heterocycles. The van der Waals surface area contributed by atoms with Crippen molar-refractivity contribution >= 4 is 16.9 Å². The maximum Gasteiger partial charge on any atom is 0.335 e. The molecule has 1 saturated heterocycles. The molecule has 0 aliphatic carbocycles. The van der Waals surface area contributed by atoms with Crippen molar-refractivity contribution in [1.29, 1.82) is 0 Å². The molecule has 0 saturated carbocycles. The fourth-order valence-corrected chi connectivity index (χ4v) is 3.43. The first-order valence-electron chi connectivity index (χ1n) is 9.89. The molecule has 1 fully saturated rings. The Balaban J connectivity index is 1.37. The van der Waals surface area contributed by atoms with E-state index < -0.39 is 5.97 Å². The molecule has 1 N–H and O–H groups in total. The number of fused-ring (bicyclic) bond motifs is 1. The zero-order valence-electron chi connectivity index (χ0n) is 16.7. The third-order valence-corrected chi connectivity index (χ3v) is 4.97. The first-order valence-corrected chi connectivity index (χ1v) is 9.89. The summed E-state index contributed by atoms with van der Waals surface area (Å²) in [6, 6.07) is 10.3. The summed E-state index contributed by atoms with van der Waals surface area (Å²) >= 11 is 0. The molecule has 4 rings (SSSR count). The normalized spacial score (nSPS) is 14.7. The molecule has 0 radical (unpaired) electrons. The fraction of sp³-hybridized carbons (Fsp3) is 0.364. The van der Waals surface area contributed by atoms with Gasteiger partial charge in [0.1, 0.15) is 23.6 Å². The minimum atomic E-state index is -1.02. The van der Waals surface area contributed by atoms with Crippen molar-refractivity contribution in [1.82, 2.24) is 9.78 Å². The van der Waals surface area contributed by atoms with Crippen LogP contribution in [0.2, 0.25) is 0 Å². The summed E-state index contributed by atoms with van der Waals surface area (Å²) in [5.74, 6) is 0.703. The predicted octanol–water partition coefficient (Wildman–Crippen LogP) is 3.64. The Morgan fingerprint density at radius 1 is 1.17 bits per heavy atom. The van der Waals surface area contributed by atoms with Gasteiger partial charge < -0.3 is 24.1 Å². The van der Waals surface area contributed by atoms with E-state index >= 15 is 0 Å². The maximum absolute atomic E-state index is 11.4. The van der Waals surface area contributed by atoms with E-state index in [1.165, 1.54) is 6.07 Å². The molecule has 3 aromatic rings. The SMILES string of the molecule is Cn1ncc2cc(C(=O)O)cc(Oc3ccc(OCCOC4CCOCC4)cc3)c21. The number of aryl methyl sites for hydroxylation is 1. The van der Waals surface area contributed by atoms with Crippen molar-refractivity contribution in [2.45, 2.75) is 18.9 Å². The molecule has 1 aliphatic rings. The average molecular weight is 412 g/mol. The van der Waals surface area contributed by atoms with E-state index in [0.717, 1.165) is 31.6 Å². The molecule has 2 aromatic carbocycles. The minimum absolute atomic E-state index is 0.148. The predicted molar refractivity (Wildman–Crippen MR) is 109 cm³/mol. The van der Waals surface area contributed by atoms with Gasteiger partial charge in [0, 0.05) is 25.6 Å². The van der Waals surface area contributed by atoms with Gasteiger partial charge in [-0.2, -0.15) is 5.10 Å². The zero-order valence-corrected chi connectivity index (χ0v) is 16.7. The van der Waals surface area contributed by atoms with Gasteiger partial charge in [0.15, 0.2) is 5.75 Å². The average Bonchev–Trinajstić information content (AvgIpc) is 3.14. The quantitative estimate of drug-likeness (QED) is 0.565. The Morgan fingerprint density at radius 2 is 1.90 bits per heavy atom. The second-order valence-electron chi connectivity index (χ2n) is 7.09. The van der Waals surface area contributed by atoms with Crippen molar-refractivity contribution in [2.24, 2.45) is 7.05 Å². The van der Waals surface area contributed by atoms with Crippen LogP contribution in [0.1, 0.15) is 23.2 Å². The molecule has 0 unspecified atom stereocenters. The molecular formula is C22H24N2O6. The number of carboxylic acids is 1. The monoisotopic (exact) mass is 412 g/mol. The van der Waals surface area contributed by atoms with Gasteiger partial charge >= 0.3 is 5.97 Å². The third-order valence-electron chi connectivity index (χ3n) is 4.97. The Bertz CT molecular complexity index is 1010. The maximum atomic E-state index is 11.4. The number of nitrogens with zero attached hydrogens (tertiary/aromatic N) is 2. The summed E-state index contributed by atoms with van der Waals surface area (Å²) in [6.07, 6.45) is 3.73. The van der Waals surface area contributed by atoms with Gasteiger partial charge in [-0.15, -0.1) is 0 Å². The van der Waals surface area contributed by atoms with Crippen LogP contribution in [0, 0.1) is 0 Å². The molecule has 30 heavy (non-hydrogen) atoms. The van der Waals surface area contributed by atoms with Crippen LogP contribution in [0.25, 0.3) is 10.9 Å². The minimum Gasteiger partial charge on any atom is -0.491 e. The Morgan fingerprint density at radius 3 is 2.63 bits per heavy atom. The number of hydrogen-bond donors (Lipinski definition) is 1. The lowest BCUT2D eigenvalue weighted by atomic mass is 10.1. The van der Waals surface area contributed by atoms with Crippen LogP contribution in [0.15, 0.2) is 42.6 Å². The number of carbonyl (C=O) groups is 1. The molecule has 0 amide bonds. The van der Waals surface area contributed by atoms with E-state index in [2.05, 4.69) is 5.10 Å². The molecule has 0 spiro atoms. The summed E-state index contributed by atoms with van der Waals surface area (Å²) in [5.41, 5.74) is 0.876. The summed E-state index contributed by atoms with van der Waals surface area (Å²) in [5, 5.41) is 14.2. The molecule has 8 heteroatoms. The lowest BCUT2D eigenvalue weighted by Crippen LogP contribution is -2.25. The number of aromatic nitrogens is 2. The molecular weight excluding hydrogens is 388 g/mol. The van der Waals surface area contributed by atoms with Crippen molar-refractivity contribution in [3.8, 4) is 17.2 Å². The highest BCUT2D eigenvalue weighted by Crippen LogP contribution is 2.32. The Hall–Kier alpha value is -3.10. The lowest BCUT2D eigenvalue weighted by Gasteiger charge is -2.22. The van der Waals surface area contributed by atoms with E-state index in [9.17, 15) is 9.90 Å². The Labute approximate surface area is 173 Å². The van der Waals surface area contributed by atoms with Gasteiger partial charge in [-0.05, 0) is 49.2 Å². The van der Waals surface area contributed by atoms with Crippen LogP contribution in [-0.2, 0) is 16.5 Å². The summed E-state index contributed by atoms with van der Waals surface area (Å²) in [6.45, 7) is 2.51. The molecule has 0 atom stereocenters. The lowest BCUT2D eigenvalue weighted by molar-refractivity contribution is -0.0388. The van der Waals surface area contributed by atoms with Gasteiger partial charge in [-0.1, -0.05) is 0 Å². The third kappa shape index (κ3) is 4.72. The second kappa shape index (κ2) is 9.15. The first kappa shape index (κ1) is 20.2. The number of aromatic carboxylic acids is 1. The van der Waals surface area contributed by atoms with E-state index in [0.29, 0.717) is 35.8 Å². The number of rotatable bonds is 8. The number of ether oxygens (including phenoxy) is 4. The van der Waals surface area contributed by atoms with Gasteiger partial charge in [0.05, 0.1) is 24.5 Å². The van der Waals surface area contributed by atoms with Gasteiger partial charge in [-0.25, -0.2) is 4.79 Å². The summed E-state index contributed by atoms with van der Waals surface area (Å²) < 4.78 is 24.5. The van der Waals surface area contributed by atoms with Crippen LogP contribution in [0.3, 0.4) is 0 Å². The highest BCUT2D eigenvalue weighted by Gasteiger charge is 2.15. The first-order chi connectivity index (χ1) is 14.6. The summed E-state index contributed by atoms with van der Waals surface area (Å²) in [7, 11) is 1.79. The van der Waals surface area contributed by atoms with Crippen LogP contribution in [0.4, 0.5) is 0 Å². The largest absolute Gasteiger partial charge is 0.491 e. The van der Waals surface area contributed by atoms with Gasteiger partial charge in [0.2, 0.25) is 0 Å². The Kier molecular flexibility index (Phi) is 6.15. The van der Waals surface area contributed by atoms with Crippen molar-refractivity contribution in [3.63, 3.8) is 0 Å². The van der Waals surface area contributed by atoms with Crippen molar-refractivity contribution < 1.29 is 28.8 Å². The van der Waals surface area contributed by atoms with Crippen molar-refractivity contribution in [3.05, 3.63) is 48.2 Å². The van der Waals surface area contributed by atoms with Crippen LogP contribution in [-0.4, -0.2) is 53.4 Å². The number of carboxylic acid groups (broad SMARTS) is 1. The van der Waals surface area contributed by atoms with Crippen LogP contribution >= 0.6 is 0 Å². The van der Waals surface area contributed by atoms with Gasteiger partial charge in [-0.3, -0.25) is 4.68 Å². The molecule has 158 valence electrons. The van der Waals surface area contributed by atoms with E-state index in [-0.39, 0.29) is 11.7 Å². The highest BCUT2D eigenvalue weighted by atomic mass is 16.5. The van der Waals surface area contributed by atoms with Gasteiger partial charge in [0.25, 0.3) is 0 Å². The fourth-order valence-electron chi connectivity index (χ4n) is 3.43. The number of hydrogen-bond acceptors (Lipinski definition) is 6. The molecule has 1 aliphatic heterocycles. The molecule has 0 bridgehead atoms. The smallest absolute Gasteiger partial charge is 0.335 e. The molecule has 8 nitrogen and oxygen atoms in total. The van der Waals surface area contributed by atoms with E-state index in [4.69, 9.17) is 18.9 Å². The number of benzene rings is 2. The van der Waals surface area contributed by atoms with E-state index in [1.807, 2.05) is 12.1 Å². The second-order valence-corrected chi connectivity index (χ2v) is 7.09. The van der Waals surface area contributed by atoms with E-state index in [1.54, 1.807) is 36.1 Å². The topological polar surface area (TPSA) is 92.0 Å². The zero-order chi connectivity index (χ0) is 20.9. The summed E-state index contributed by atoms with van der Waals surface area (Å²) in [4.78, 5) is 11.4. The standard InChI is InChI=1S/C22H24N2O6/c1-24-21-16(14-23-24)12-15(22(25)26)13-20(21)30-19-4-2-17(3-5-19)28-10-11-29-18-6-8-27-9-7-18/h2-5,12-14,18H,6-11H2,1H3,(H,25,26).